The molecule has 1 saturated heterocycles. The lowest BCUT2D eigenvalue weighted by Gasteiger charge is -2.30. The highest BCUT2D eigenvalue weighted by molar-refractivity contribution is 8.04. The van der Waals surface area contributed by atoms with E-state index in [1.807, 2.05) is 0 Å². The Kier molecular flexibility index (Phi) is 5.31. The van der Waals surface area contributed by atoms with Crippen molar-refractivity contribution < 1.29 is 19.4 Å². The van der Waals surface area contributed by atoms with Gasteiger partial charge in [-0.3, -0.25) is 4.79 Å². The highest BCUT2D eigenvalue weighted by Gasteiger charge is 2.29. The van der Waals surface area contributed by atoms with Gasteiger partial charge in [-0.25, -0.2) is 0 Å². The smallest absolute Gasteiger partial charge is 0.169 e. The molecule has 0 radical (unpaired) electrons. The Morgan fingerprint density at radius 2 is 2.19 bits per heavy atom. The molecular weight excluding hydrogens is 228 g/mol. The van der Waals surface area contributed by atoms with Gasteiger partial charge < -0.3 is 14.6 Å². The van der Waals surface area contributed by atoms with E-state index in [4.69, 9.17) is 9.47 Å². The number of carbonyl (C=O) groups excluding carboxylic acids is 1. The molecule has 2 atom stereocenters. The van der Waals surface area contributed by atoms with Crippen LogP contribution in [0.25, 0.3) is 0 Å². The predicted molar refractivity (Wildman–Crippen MR) is 63.4 cm³/mol. The van der Waals surface area contributed by atoms with Crippen LogP contribution in [0.3, 0.4) is 0 Å². The molecule has 0 spiro atoms. The van der Waals surface area contributed by atoms with E-state index in [-0.39, 0.29) is 23.1 Å². The number of ether oxygens (including phenoxy) is 2. The summed E-state index contributed by atoms with van der Waals surface area (Å²) in [6.45, 7) is 3.66. The largest absolute Gasteiger partial charge is 0.511 e. The van der Waals surface area contributed by atoms with Crippen LogP contribution in [0.1, 0.15) is 26.7 Å². The first-order valence-corrected chi connectivity index (χ1v) is 6.16. The molecule has 0 aromatic heterocycles. The first kappa shape index (κ1) is 13.5. The van der Waals surface area contributed by atoms with Crippen molar-refractivity contribution >= 4 is 17.5 Å². The van der Waals surface area contributed by atoms with Gasteiger partial charge in [0.15, 0.2) is 12.1 Å². The molecule has 0 bridgehead atoms. The van der Waals surface area contributed by atoms with Crippen LogP contribution in [0.15, 0.2) is 10.7 Å². The van der Waals surface area contributed by atoms with Gasteiger partial charge in [0, 0.05) is 13.7 Å². The van der Waals surface area contributed by atoms with Crippen molar-refractivity contribution in [1.82, 2.24) is 0 Å². The van der Waals surface area contributed by atoms with Crippen molar-refractivity contribution in [3.63, 3.8) is 0 Å². The van der Waals surface area contributed by atoms with Crippen molar-refractivity contribution in [2.75, 3.05) is 13.7 Å². The molecule has 1 aliphatic rings. The molecule has 0 amide bonds. The number of methoxy groups -OCH3 is 1. The number of aliphatic hydroxyl groups is 1. The molecule has 1 heterocycles. The molecule has 1 rings (SSSR count). The number of allylic oxidation sites excluding steroid dienone is 2. The Hall–Kier alpha value is -0.520. The molecule has 0 aromatic carbocycles. The van der Waals surface area contributed by atoms with Gasteiger partial charge in [-0.15, -0.1) is 11.8 Å². The summed E-state index contributed by atoms with van der Waals surface area (Å²) in [4.78, 5) is 11.7. The van der Waals surface area contributed by atoms with Crippen LogP contribution >= 0.6 is 11.8 Å². The molecule has 5 heteroatoms. The van der Waals surface area contributed by atoms with Crippen LogP contribution in [0.5, 0.6) is 0 Å². The number of hydrogen-bond donors (Lipinski definition) is 1. The summed E-state index contributed by atoms with van der Waals surface area (Å²) in [5.41, 5.74) is 0. The molecule has 0 unspecified atom stereocenters. The van der Waals surface area contributed by atoms with Gasteiger partial charge in [0.2, 0.25) is 0 Å². The molecule has 1 N–H and O–H groups in total. The Morgan fingerprint density at radius 1 is 1.50 bits per heavy atom. The second kappa shape index (κ2) is 6.27. The molecular formula is C11H18O4S. The van der Waals surface area contributed by atoms with Gasteiger partial charge in [-0.05, 0) is 26.7 Å². The summed E-state index contributed by atoms with van der Waals surface area (Å²) in [6, 6.07) is 0. The van der Waals surface area contributed by atoms with Gasteiger partial charge in [0.05, 0.1) is 10.2 Å². The standard InChI is InChI=1S/C11H18O4S/c1-7(12)10(8(2)13)16-9-5-4-6-15-11(9)14-3/h9,11-12H,4-6H2,1-3H3/b10-7+/t9-,11-/m1/s1. The lowest BCUT2D eigenvalue weighted by atomic mass is 10.2. The van der Waals surface area contributed by atoms with E-state index >= 15 is 0 Å². The maximum absolute atomic E-state index is 11.3. The van der Waals surface area contributed by atoms with E-state index in [0.29, 0.717) is 11.5 Å². The highest BCUT2D eigenvalue weighted by atomic mass is 32.2. The van der Waals surface area contributed by atoms with Crippen LogP contribution in [0, 0.1) is 0 Å². The monoisotopic (exact) mass is 246 g/mol. The Labute approximate surface area is 100.0 Å². The van der Waals surface area contributed by atoms with Gasteiger partial charge >= 0.3 is 0 Å². The van der Waals surface area contributed by atoms with Gasteiger partial charge in [0.1, 0.15) is 5.76 Å². The molecule has 0 saturated carbocycles. The molecule has 4 nitrogen and oxygen atoms in total. The Morgan fingerprint density at radius 3 is 2.69 bits per heavy atom. The fourth-order valence-electron chi connectivity index (χ4n) is 1.64. The van der Waals surface area contributed by atoms with Crippen LogP contribution in [-0.2, 0) is 14.3 Å². The normalized spacial score (nSPS) is 27.4. The summed E-state index contributed by atoms with van der Waals surface area (Å²) in [5.74, 6) is -0.0525. The topological polar surface area (TPSA) is 55.8 Å². The number of aliphatic hydroxyl groups excluding tert-OH is 1. The maximum Gasteiger partial charge on any atom is 0.169 e. The van der Waals surface area contributed by atoms with Crippen LogP contribution in [-0.4, -0.2) is 36.1 Å². The van der Waals surface area contributed by atoms with E-state index < -0.39 is 0 Å². The number of rotatable bonds is 4. The molecule has 16 heavy (non-hydrogen) atoms. The van der Waals surface area contributed by atoms with Crippen molar-refractivity contribution in [2.24, 2.45) is 0 Å². The first-order valence-electron chi connectivity index (χ1n) is 5.28. The second-order valence-electron chi connectivity index (χ2n) is 3.74. The number of hydrogen-bond acceptors (Lipinski definition) is 5. The van der Waals surface area contributed by atoms with E-state index in [9.17, 15) is 9.90 Å². The quantitative estimate of drug-likeness (QED) is 0.609. The third-order valence-corrected chi connectivity index (χ3v) is 3.95. The third kappa shape index (κ3) is 3.50. The Bertz CT molecular complexity index is 284. The summed E-state index contributed by atoms with van der Waals surface area (Å²) in [7, 11) is 1.59. The van der Waals surface area contributed by atoms with Crippen LogP contribution < -0.4 is 0 Å². The minimum atomic E-state index is -0.299. The maximum atomic E-state index is 11.3. The van der Waals surface area contributed by atoms with Crippen LogP contribution in [0.2, 0.25) is 0 Å². The van der Waals surface area contributed by atoms with Crippen molar-refractivity contribution in [3.05, 3.63) is 10.7 Å². The van der Waals surface area contributed by atoms with Gasteiger partial charge in [-0.1, -0.05) is 0 Å². The van der Waals surface area contributed by atoms with Crippen molar-refractivity contribution in [2.45, 2.75) is 38.2 Å². The number of thioether (sulfide) groups is 1. The van der Waals surface area contributed by atoms with E-state index in [2.05, 4.69) is 0 Å². The molecule has 92 valence electrons. The average Bonchev–Trinajstić information content (AvgIpc) is 2.25. The molecule has 0 aromatic rings. The highest BCUT2D eigenvalue weighted by Crippen LogP contribution is 2.33. The number of ketones is 1. The number of Topliss-reactive ketones (excluding diaryl/α,β-unsaturated/α-hetero) is 1. The lowest BCUT2D eigenvalue weighted by molar-refractivity contribution is -0.140. The zero-order valence-electron chi connectivity index (χ0n) is 9.86. The summed E-state index contributed by atoms with van der Waals surface area (Å²) in [5, 5.41) is 9.50. The lowest BCUT2D eigenvalue weighted by Crippen LogP contribution is -2.33. The van der Waals surface area contributed by atoms with Crippen molar-refractivity contribution in [3.8, 4) is 0 Å². The number of carbonyl (C=O) groups is 1. The molecule has 0 aliphatic carbocycles. The summed E-state index contributed by atoms with van der Waals surface area (Å²) in [6.07, 6.45) is 1.58. The van der Waals surface area contributed by atoms with Crippen molar-refractivity contribution in [1.29, 1.82) is 0 Å². The van der Waals surface area contributed by atoms with Gasteiger partial charge in [-0.2, -0.15) is 0 Å². The SMILES string of the molecule is CO[C@@H]1OCCC[C@H]1S/C(C(C)=O)=C(\C)O. The molecule has 1 fully saturated rings. The predicted octanol–water partition coefficient (Wildman–Crippen LogP) is 2.25. The average molecular weight is 246 g/mol. The van der Waals surface area contributed by atoms with E-state index in [0.717, 1.165) is 12.8 Å². The summed E-state index contributed by atoms with van der Waals surface area (Å²) < 4.78 is 10.6. The Balaban J connectivity index is 2.70. The zero-order valence-corrected chi connectivity index (χ0v) is 10.7. The fraction of sp³-hybridized carbons (Fsp3) is 0.727. The van der Waals surface area contributed by atoms with E-state index in [1.165, 1.54) is 25.6 Å². The second-order valence-corrected chi connectivity index (χ2v) is 4.99. The third-order valence-electron chi connectivity index (χ3n) is 2.37. The van der Waals surface area contributed by atoms with Gasteiger partial charge in [0.25, 0.3) is 0 Å². The summed E-state index contributed by atoms with van der Waals surface area (Å²) >= 11 is 1.34. The molecule has 1 aliphatic heterocycles. The minimum absolute atomic E-state index is 0.0675. The fourth-order valence-corrected chi connectivity index (χ4v) is 2.86. The minimum Gasteiger partial charge on any atom is -0.511 e. The van der Waals surface area contributed by atoms with Crippen LogP contribution in [0.4, 0.5) is 0 Å². The zero-order chi connectivity index (χ0) is 12.1. The first-order chi connectivity index (χ1) is 7.56. The van der Waals surface area contributed by atoms with E-state index in [1.54, 1.807) is 7.11 Å².